The summed E-state index contributed by atoms with van der Waals surface area (Å²) in [4.78, 5) is 12.2. The predicted molar refractivity (Wildman–Crippen MR) is 47.5 cm³/mol. The summed E-state index contributed by atoms with van der Waals surface area (Å²) in [7, 11) is 0. The lowest BCUT2D eigenvalue weighted by Gasteiger charge is -2.08. The molecule has 0 saturated heterocycles. The van der Waals surface area contributed by atoms with Gasteiger partial charge in [-0.25, -0.2) is 0 Å². The molecule has 13 heavy (non-hydrogen) atoms. The first-order valence-corrected chi connectivity index (χ1v) is 3.65. The lowest BCUT2D eigenvalue weighted by molar-refractivity contribution is 0.100. The summed E-state index contributed by atoms with van der Waals surface area (Å²) in [6, 6.07) is 0. The predicted octanol–water partition coefficient (Wildman–Crippen LogP) is -1.18. The highest BCUT2D eigenvalue weighted by atomic mass is 16.1. The van der Waals surface area contributed by atoms with Crippen LogP contribution in [0.5, 0.6) is 0 Å². The summed E-state index contributed by atoms with van der Waals surface area (Å²) >= 11 is 0. The summed E-state index contributed by atoms with van der Waals surface area (Å²) in [5, 5.41) is 10.6. The molecule has 1 aromatic heterocycles. The second-order valence-corrected chi connectivity index (χ2v) is 2.54. The Morgan fingerprint density at radius 3 is 3.15 bits per heavy atom. The number of fused-ring (bicyclic) bond motifs is 1. The number of nitrogens with one attached hydrogen (secondary N) is 1. The summed E-state index contributed by atoms with van der Waals surface area (Å²) in [6.07, 6.45) is 1.62. The van der Waals surface area contributed by atoms with Gasteiger partial charge in [-0.2, -0.15) is 5.10 Å². The number of primary amides is 1. The topological polar surface area (TPSA) is 111 Å². The smallest absolute Gasteiger partial charge is 0.256 e. The number of aromatic nitrogens is 2. The van der Waals surface area contributed by atoms with E-state index in [0.29, 0.717) is 12.4 Å². The van der Waals surface area contributed by atoms with Gasteiger partial charge in [-0.1, -0.05) is 0 Å². The van der Waals surface area contributed by atoms with E-state index in [1.807, 2.05) is 0 Å². The number of amides is 1. The Balaban J connectivity index is 2.62. The van der Waals surface area contributed by atoms with E-state index in [1.54, 1.807) is 6.21 Å². The number of hydrogen-bond donors (Lipinski definition) is 3. The normalized spacial score (nSPS) is 13.5. The van der Waals surface area contributed by atoms with Gasteiger partial charge in [0.05, 0.1) is 6.54 Å². The number of rotatable bonds is 1. The van der Waals surface area contributed by atoms with Crippen LogP contribution in [-0.2, 0) is 0 Å². The van der Waals surface area contributed by atoms with Gasteiger partial charge in [0, 0.05) is 6.21 Å². The molecule has 1 aliphatic heterocycles. The number of hydrogen-bond acceptors (Lipinski definition) is 5. The molecule has 0 unspecified atom stereocenters. The maximum absolute atomic E-state index is 11.0. The monoisotopic (exact) mass is 180 g/mol. The van der Waals surface area contributed by atoms with Crippen LogP contribution in [0.3, 0.4) is 0 Å². The highest BCUT2D eigenvalue weighted by Gasteiger charge is 2.21. The molecule has 1 amide bonds. The van der Waals surface area contributed by atoms with Crippen molar-refractivity contribution in [2.45, 2.75) is 0 Å². The SMILES string of the molecule is NC(=O)c1c(N)nn2c1NCC=N2. The van der Waals surface area contributed by atoms with Crippen molar-refractivity contribution in [3.8, 4) is 0 Å². The number of anilines is 2. The van der Waals surface area contributed by atoms with E-state index in [2.05, 4.69) is 15.5 Å². The second kappa shape index (κ2) is 2.47. The maximum Gasteiger partial charge on any atom is 0.256 e. The minimum Gasteiger partial charge on any atom is -0.381 e. The van der Waals surface area contributed by atoms with Gasteiger partial charge in [0.15, 0.2) is 11.6 Å². The summed E-state index contributed by atoms with van der Waals surface area (Å²) in [5.74, 6) is -0.0649. The third kappa shape index (κ3) is 1.01. The fourth-order valence-electron chi connectivity index (χ4n) is 1.17. The summed E-state index contributed by atoms with van der Waals surface area (Å²) < 4.78 is 0. The van der Waals surface area contributed by atoms with Crippen LogP contribution >= 0.6 is 0 Å². The van der Waals surface area contributed by atoms with Crippen molar-refractivity contribution in [1.29, 1.82) is 0 Å². The molecule has 0 atom stereocenters. The van der Waals surface area contributed by atoms with Gasteiger partial charge < -0.3 is 16.8 Å². The molecule has 0 aromatic carbocycles. The van der Waals surface area contributed by atoms with Crippen LogP contribution in [0.15, 0.2) is 5.10 Å². The van der Waals surface area contributed by atoms with E-state index >= 15 is 0 Å². The average molecular weight is 180 g/mol. The van der Waals surface area contributed by atoms with E-state index in [9.17, 15) is 4.79 Å². The Morgan fingerprint density at radius 2 is 2.46 bits per heavy atom. The second-order valence-electron chi connectivity index (χ2n) is 2.54. The number of nitrogen functional groups attached to an aromatic ring is 1. The maximum atomic E-state index is 11.0. The lowest BCUT2D eigenvalue weighted by atomic mass is 10.3. The first-order chi connectivity index (χ1) is 6.20. The molecule has 0 radical (unpaired) electrons. The molecule has 0 fully saturated rings. The van der Waals surface area contributed by atoms with E-state index in [1.165, 1.54) is 4.79 Å². The van der Waals surface area contributed by atoms with Crippen molar-refractivity contribution in [3.63, 3.8) is 0 Å². The van der Waals surface area contributed by atoms with Gasteiger partial charge in [0.1, 0.15) is 5.56 Å². The van der Waals surface area contributed by atoms with Crippen LogP contribution in [-0.4, -0.2) is 28.6 Å². The van der Waals surface area contributed by atoms with Crippen molar-refractivity contribution in [2.75, 3.05) is 17.6 Å². The highest BCUT2D eigenvalue weighted by molar-refractivity contribution is 6.02. The van der Waals surface area contributed by atoms with Gasteiger partial charge in [-0.15, -0.1) is 9.89 Å². The van der Waals surface area contributed by atoms with Crippen molar-refractivity contribution in [3.05, 3.63) is 5.56 Å². The van der Waals surface area contributed by atoms with Gasteiger partial charge in [-0.3, -0.25) is 4.79 Å². The molecule has 5 N–H and O–H groups in total. The van der Waals surface area contributed by atoms with Crippen molar-refractivity contribution < 1.29 is 4.79 Å². The molecule has 7 nitrogen and oxygen atoms in total. The first kappa shape index (κ1) is 7.59. The highest BCUT2D eigenvalue weighted by Crippen LogP contribution is 2.22. The summed E-state index contributed by atoms with van der Waals surface area (Å²) in [5.41, 5.74) is 10.8. The van der Waals surface area contributed by atoms with E-state index in [-0.39, 0.29) is 11.4 Å². The lowest BCUT2D eigenvalue weighted by Crippen LogP contribution is -2.18. The fourth-order valence-corrected chi connectivity index (χ4v) is 1.17. The van der Waals surface area contributed by atoms with Crippen LogP contribution in [0.1, 0.15) is 10.4 Å². The van der Waals surface area contributed by atoms with Crippen molar-refractivity contribution >= 4 is 23.8 Å². The largest absolute Gasteiger partial charge is 0.381 e. The Kier molecular flexibility index (Phi) is 1.44. The molecule has 2 heterocycles. The minimum absolute atomic E-state index is 0.0917. The molecule has 2 rings (SSSR count). The molecular formula is C6H8N6O. The van der Waals surface area contributed by atoms with E-state index in [0.717, 1.165) is 0 Å². The third-order valence-electron chi connectivity index (χ3n) is 1.69. The molecule has 0 spiro atoms. The van der Waals surface area contributed by atoms with E-state index < -0.39 is 5.91 Å². The zero-order valence-electron chi connectivity index (χ0n) is 6.69. The van der Waals surface area contributed by atoms with Gasteiger partial charge >= 0.3 is 0 Å². The molecule has 68 valence electrons. The van der Waals surface area contributed by atoms with Gasteiger partial charge in [0.25, 0.3) is 5.91 Å². The van der Waals surface area contributed by atoms with Crippen LogP contribution < -0.4 is 16.8 Å². The standard InChI is InChI=1S/C6H8N6O/c7-4-3(5(8)13)6-9-1-2-10-12(6)11-4/h2,9H,1H2,(H2,7,11)(H2,8,13). The summed E-state index contributed by atoms with van der Waals surface area (Å²) in [6.45, 7) is 0.533. The molecular weight excluding hydrogens is 172 g/mol. The Morgan fingerprint density at radius 1 is 1.69 bits per heavy atom. The van der Waals surface area contributed by atoms with Crippen LogP contribution in [0.25, 0.3) is 0 Å². The zero-order valence-corrected chi connectivity index (χ0v) is 6.69. The van der Waals surface area contributed by atoms with Gasteiger partial charge in [0.2, 0.25) is 0 Å². The first-order valence-electron chi connectivity index (χ1n) is 3.65. The molecule has 1 aromatic rings. The number of carbonyl (C=O) groups is 1. The number of nitrogens with two attached hydrogens (primary N) is 2. The van der Waals surface area contributed by atoms with Crippen LogP contribution in [0.2, 0.25) is 0 Å². The van der Waals surface area contributed by atoms with E-state index in [4.69, 9.17) is 11.5 Å². The van der Waals surface area contributed by atoms with Gasteiger partial charge in [-0.05, 0) is 0 Å². The quantitative estimate of drug-likeness (QED) is 0.505. The zero-order chi connectivity index (χ0) is 9.42. The third-order valence-corrected chi connectivity index (χ3v) is 1.69. The Labute approximate surface area is 73.4 Å². The average Bonchev–Trinajstić information content (AvgIpc) is 2.39. The van der Waals surface area contributed by atoms with Crippen molar-refractivity contribution in [1.82, 2.24) is 9.89 Å². The molecule has 0 bridgehead atoms. The molecule has 0 saturated carbocycles. The Bertz CT molecular complexity index is 392. The number of nitrogens with zero attached hydrogens (tertiary/aromatic N) is 3. The Hall–Kier alpha value is -2.05. The molecule has 0 aliphatic carbocycles. The fraction of sp³-hybridized carbons (Fsp3) is 0.167. The number of carbonyl (C=O) groups excluding carboxylic acids is 1. The van der Waals surface area contributed by atoms with Crippen molar-refractivity contribution in [2.24, 2.45) is 10.8 Å². The molecule has 1 aliphatic rings. The minimum atomic E-state index is -0.608. The molecule has 7 heteroatoms. The van der Waals surface area contributed by atoms with Crippen LogP contribution in [0, 0.1) is 0 Å². The van der Waals surface area contributed by atoms with Crippen LogP contribution in [0.4, 0.5) is 11.6 Å².